The number of alkyl halides is 1. The molecule has 0 saturated heterocycles. The SMILES string of the molecule is COc1ccc(C2(c3cccc(Br)c3)N=C(N)N3CC(F)CN=C32)cc1. The molecule has 2 aromatic carbocycles. The third kappa shape index (κ3) is 2.58. The fourth-order valence-electron chi connectivity index (χ4n) is 3.51. The molecule has 134 valence electrons. The molecule has 7 heteroatoms. The molecule has 2 unspecified atom stereocenters. The molecule has 4 rings (SSSR count). The van der Waals surface area contributed by atoms with E-state index < -0.39 is 11.7 Å². The molecule has 2 aromatic rings. The van der Waals surface area contributed by atoms with E-state index in [2.05, 4.69) is 20.9 Å². The molecule has 2 aliphatic rings. The van der Waals surface area contributed by atoms with Gasteiger partial charge in [-0.25, -0.2) is 9.38 Å². The lowest BCUT2D eigenvalue weighted by atomic mass is 9.82. The van der Waals surface area contributed by atoms with Crippen molar-refractivity contribution in [1.29, 1.82) is 0 Å². The molecule has 2 N–H and O–H groups in total. The van der Waals surface area contributed by atoms with Crippen molar-refractivity contribution in [3.05, 3.63) is 64.1 Å². The van der Waals surface area contributed by atoms with E-state index in [0.717, 1.165) is 21.3 Å². The van der Waals surface area contributed by atoms with Crippen LogP contribution in [0.3, 0.4) is 0 Å². The topological polar surface area (TPSA) is 63.2 Å². The van der Waals surface area contributed by atoms with Crippen LogP contribution in [0, 0.1) is 0 Å². The molecule has 0 bridgehead atoms. The van der Waals surface area contributed by atoms with Gasteiger partial charge in [-0.2, -0.15) is 0 Å². The quantitative estimate of drug-likeness (QED) is 0.835. The van der Waals surface area contributed by atoms with E-state index >= 15 is 0 Å². The number of amidine groups is 1. The monoisotopic (exact) mass is 416 g/mol. The van der Waals surface area contributed by atoms with E-state index in [0.29, 0.717) is 5.84 Å². The van der Waals surface area contributed by atoms with Crippen molar-refractivity contribution in [3.63, 3.8) is 0 Å². The Morgan fingerprint density at radius 2 is 2.00 bits per heavy atom. The highest BCUT2D eigenvalue weighted by Gasteiger charge is 2.50. The van der Waals surface area contributed by atoms with Gasteiger partial charge < -0.3 is 10.5 Å². The third-order valence-electron chi connectivity index (χ3n) is 4.71. The number of rotatable bonds is 3. The molecular weight excluding hydrogens is 399 g/mol. The Bertz CT molecular complexity index is 899. The van der Waals surface area contributed by atoms with Gasteiger partial charge in [0.2, 0.25) is 0 Å². The normalized spacial score (nSPS) is 24.7. The van der Waals surface area contributed by atoms with Gasteiger partial charge >= 0.3 is 0 Å². The fourth-order valence-corrected chi connectivity index (χ4v) is 3.91. The van der Waals surface area contributed by atoms with Gasteiger partial charge in [-0.05, 0) is 35.4 Å². The smallest absolute Gasteiger partial charge is 0.198 e. The molecule has 0 aliphatic carbocycles. The van der Waals surface area contributed by atoms with E-state index in [1.165, 1.54) is 0 Å². The number of guanidine groups is 1. The van der Waals surface area contributed by atoms with Crippen LogP contribution < -0.4 is 10.5 Å². The molecule has 0 radical (unpaired) electrons. The van der Waals surface area contributed by atoms with Crippen LogP contribution in [0.2, 0.25) is 0 Å². The van der Waals surface area contributed by atoms with Crippen LogP contribution in [-0.4, -0.2) is 43.1 Å². The zero-order valence-corrected chi connectivity index (χ0v) is 15.8. The van der Waals surface area contributed by atoms with E-state index in [4.69, 9.17) is 15.5 Å². The van der Waals surface area contributed by atoms with Crippen LogP contribution in [0.25, 0.3) is 0 Å². The predicted molar refractivity (Wildman–Crippen MR) is 103 cm³/mol. The largest absolute Gasteiger partial charge is 0.497 e. The molecule has 0 amide bonds. The molecule has 26 heavy (non-hydrogen) atoms. The average molecular weight is 417 g/mol. The number of fused-ring (bicyclic) bond motifs is 1. The molecule has 5 nitrogen and oxygen atoms in total. The van der Waals surface area contributed by atoms with Crippen molar-refractivity contribution in [2.45, 2.75) is 11.7 Å². The molecule has 2 aliphatic heterocycles. The first-order chi connectivity index (χ1) is 12.5. The molecule has 2 atom stereocenters. The summed E-state index contributed by atoms with van der Waals surface area (Å²) >= 11 is 3.53. The van der Waals surface area contributed by atoms with Gasteiger partial charge in [0.25, 0.3) is 0 Å². The minimum atomic E-state index is -1.05. The Morgan fingerprint density at radius 1 is 1.23 bits per heavy atom. The van der Waals surface area contributed by atoms with Gasteiger partial charge in [-0.1, -0.05) is 40.2 Å². The molecule has 2 heterocycles. The maximum absolute atomic E-state index is 13.9. The predicted octanol–water partition coefficient (Wildman–Crippen LogP) is 3.08. The highest BCUT2D eigenvalue weighted by atomic mass is 79.9. The fraction of sp³-hybridized carbons (Fsp3) is 0.263. The number of hydrogen-bond donors (Lipinski definition) is 1. The lowest BCUT2D eigenvalue weighted by Gasteiger charge is -2.34. The second kappa shape index (κ2) is 6.39. The van der Waals surface area contributed by atoms with Crippen LogP contribution >= 0.6 is 15.9 Å². The highest BCUT2D eigenvalue weighted by Crippen LogP contribution is 2.42. The van der Waals surface area contributed by atoms with E-state index in [9.17, 15) is 4.39 Å². The van der Waals surface area contributed by atoms with Crippen LogP contribution in [0.4, 0.5) is 4.39 Å². The first-order valence-corrected chi connectivity index (χ1v) is 9.06. The Balaban J connectivity index is 1.96. The minimum absolute atomic E-state index is 0.112. The van der Waals surface area contributed by atoms with Crippen molar-refractivity contribution in [2.24, 2.45) is 15.7 Å². The van der Waals surface area contributed by atoms with E-state index in [1.54, 1.807) is 12.0 Å². The summed E-state index contributed by atoms with van der Waals surface area (Å²) in [5.74, 6) is 1.69. The van der Waals surface area contributed by atoms with E-state index in [1.807, 2.05) is 48.5 Å². The standard InChI is InChI=1S/C19H18BrFN4O/c1-26-16-7-5-12(6-8-16)19(13-3-2-4-14(20)9-13)17-23-10-15(21)11-25(17)18(22)24-19/h2-9,15H,10-11H2,1H3,(H2,22,24). The Labute approximate surface area is 159 Å². The number of nitrogens with two attached hydrogens (primary N) is 1. The average Bonchev–Trinajstić information content (AvgIpc) is 2.95. The number of hydrogen-bond acceptors (Lipinski definition) is 5. The Morgan fingerprint density at radius 3 is 2.69 bits per heavy atom. The number of benzene rings is 2. The molecular formula is C19H18BrFN4O. The summed E-state index contributed by atoms with van der Waals surface area (Å²) in [5, 5.41) is 0. The van der Waals surface area contributed by atoms with Gasteiger partial charge in [0.05, 0.1) is 20.2 Å². The summed E-state index contributed by atoms with van der Waals surface area (Å²) in [6.07, 6.45) is -1.05. The van der Waals surface area contributed by atoms with Gasteiger partial charge in [0.1, 0.15) is 17.8 Å². The third-order valence-corrected chi connectivity index (χ3v) is 5.20. The molecule has 0 saturated carbocycles. The number of methoxy groups -OCH3 is 1. The first-order valence-electron chi connectivity index (χ1n) is 8.27. The Hall–Kier alpha value is -2.41. The number of nitrogens with zero attached hydrogens (tertiary/aromatic N) is 3. The van der Waals surface area contributed by atoms with Gasteiger partial charge in [0.15, 0.2) is 11.5 Å². The maximum atomic E-state index is 13.9. The number of halogens is 2. The van der Waals surface area contributed by atoms with Crippen molar-refractivity contribution in [3.8, 4) is 5.75 Å². The summed E-state index contributed by atoms with van der Waals surface area (Å²) < 4.78 is 20.1. The van der Waals surface area contributed by atoms with Crippen molar-refractivity contribution in [1.82, 2.24) is 4.90 Å². The van der Waals surface area contributed by atoms with Gasteiger partial charge in [0, 0.05) is 4.47 Å². The summed E-state index contributed by atoms with van der Waals surface area (Å²) in [4.78, 5) is 11.0. The van der Waals surface area contributed by atoms with Crippen LogP contribution in [0.5, 0.6) is 5.75 Å². The zero-order valence-electron chi connectivity index (χ0n) is 14.2. The van der Waals surface area contributed by atoms with Crippen LogP contribution in [0.15, 0.2) is 63.0 Å². The number of aliphatic imine (C=N–C) groups is 2. The van der Waals surface area contributed by atoms with Crippen molar-refractivity contribution < 1.29 is 9.13 Å². The molecule has 0 aromatic heterocycles. The van der Waals surface area contributed by atoms with Crippen LogP contribution in [-0.2, 0) is 5.54 Å². The van der Waals surface area contributed by atoms with E-state index in [-0.39, 0.29) is 19.0 Å². The highest BCUT2D eigenvalue weighted by molar-refractivity contribution is 9.10. The second-order valence-corrected chi connectivity index (χ2v) is 7.21. The second-order valence-electron chi connectivity index (χ2n) is 6.29. The van der Waals surface area contributed by atoms with Crippen molar-refractivity contribution in [2.75, 3.05) is 20.2 Å². The Kier molecular flexibility index (Phi) is 4.19. The lowest BCUT2D eigenvalue weighted by molar-refractivity contribution is 0.288. The van der Waals surface area contributed by atoms with Crippen LogP contribution in [0.1, 0.15) is 11.1 Å². The number of ether oxygens (including phenoxy) is 1. The summed E-state index contributed by atoms with van der Waals surface area (Å²) in [6.45, 7) is 0.278. The lowest BCUT2D eigenvalue weighted by Crippen LogP contribution is -2.49. The zero-order chi connectivity index (χ0) is 18.3. The summed E-state index contributed by atoms with van der Waals surface area (Å²) in [6, 6.07) is 15.5. The summed E-state index contributed by atoms with van der Waals surface area (Å²) in [5.41, 5.74) is 7.10. The molecule has 0 fully saturated rings. The van der Waals surface area contributed by atoms with Gasteiger partial charge in [-0.15, -0.1) is 0 Å². The van der Waals surface area contributed by atoms with Gasteiger partial charge in [-0.3, -0.25) is 9.89 Å². The first kappa shape index (κ1) is 17.0. The maximum Gasteiger partial charge on any atom is 0.198 e. The minimum Gasteiger partial charge on any atom is -0.497 e. The summed E-state index contributed by atoms with van der Waals surface area (Å²) in [7, 11) is 1.62. The van der Waals surface area contributed by atoms with Crippen molar-refractivity contribution >= 4 is 27.7 Å². The molecule has 0 spiro atoms.